The molecule has 0 bridgehead atoms. The van der Waals surface area contributed by atoms with E-state index in [1.807, 2.05) is 0 Å². The van der Waals surface area contributed by atoms with Crippen LogP contribution < -0.4 is 11.1 Å². The van der Waals surface area contributed by atoms with E-state index < -0.39 is 0 Å². The molecular formula is C13H27N3O. The molecule has 0 heterocycles. The van der Waals surface area contributed by atoms with Gasteiger partial charge in [-0.3, -0.25) is 4.79 Å². The highest BCUT2D eigenvalue weighted by molar-refractivity contribution is 5.78. The summed E-state index contributed by atoms with van der Waals surface area (Å²) in [4.78, 5) is 14.1. The molecule has 0 saturated heterocycles. The van der Waals surface area contributed by atoms with Crippen molar-refractivity contribution in [1.82, 2.24) is 10.2 Å². The molecule has 100 valence electrons. The zero-order chi connectivity index (χ0) is 12.8. The van der Waals surface area contributed by atoms with Gasteiger partial charge in [0, 0.05) is 25.0 Å². The minimum absolute atomic E-state index is 0.133. The molecule has 1 aliphatic carbocycles. The van der Waals surface area contributed by atoms with Gasteiger partial charge in [-0.1, -0.05) is 13.8 Å². The molecule has 3 atom stereocenters. The van der Waals surface area contributed by atoms with Crippen LogP contribution in [0.4, 0.5) is 0 Å². The second kappa shape index (κ2) is 6.97. The minimum atomic E-state index is 0.133. The molecule has 0 aromatic rings. The van der Waals surface area contributed by atoms with Crippen molar-refractivity contribution in [3.05, 3.63) is 0 Å². The number of carbonyl (C=O) groups is 1. The molecule has 1 rings (SSSR count). The average Bonchev–Trinajstić information content (AvgIpc) is 2.32. The molecule has 1 aliphatic rings. The number of nitrogens with one attached hydrogen (secondary N) is 1. The first-order chi connectivity index (χ1) is 8.04. The van der Waals surface area contributed by atoms with Gasteiger partial charge in [-0.2, -0.15) is 0 Å². The predicted octanol–water partition coefficient (Wildman–Crippen LogP) is 0.818. The summed E-state index contributed by atoms with van der Waals surface area (Å²) in [5.74, 6) is 0.885. The van der Waals surface area contributed by atoms with Crippen LogP contribution >= 0.6 is 0 Å². The van der Waals surface area contributed by atoms with Crippen LogP contribution in [-0.4, -0.2) is 43.5 Å². The fourth-order valence-corrected chi connectivity index (χ4v) is 2.27. The molecule has 1 amide bonds. The van der Waals surface area contributed by atoms with Crippen LogP contribution in [0.1, 0.15) is 33.1 Å². The van der Waals surface area contributed by atoms with E-state index in [0.29, 0.717) is 5.92 Å². The first-order valence-electron chi connectivity index (χ1n) is 6.76. The zero-order valence-corrected chi connectivity index (χ0v) is 11.4. The van der Waals surface area contributed by atoms with Crippen molar-refractivity contribution in [2.24, 2.45) is 17.6 Å². The predicted molar refractivity (Wildman–Crippen MR) is 70.7 cm³/mol. The fraction of sp³-hybridized carbons (Fsp3) is 0.923. The van der Waals surface area contributed by atoms with Gasteiger partial charge in [0.25, 0.3) is 0 Å². The normalized spacial score (nSPS) is 29.4. The topological polar surface area (TPSA) is 58.4 Å². The maximum Gasteiger partial charge on any atom is 0.223 e. The molecule has 0 aromatic carbocycles. The standard InChI is InChI=1S/C13H27N3O/c1-4-16(3)8-7-15-13(17)11-6-5-10(2)12(14)9-11/h10-12H,4-9,14H2,1-3H3,(H,15,17). The molecule has 1 saturated carbocycles. The lowest BCUT2D eigenvalue weighted by Gasteiger charge is -2.31. The second-order valence-electron chi connectivity index (χ2n) is 5.34. The third kappa shape index (κ3) is 4.64. The highest BCUT2D eigenvalue weighted by Crippen LogP contribution is 2.27. The van der Waals surface area contributed by atoms with Crippen molar-refractivity contribution >= 4 is 5.91 Å². The van der Waals surface area contributed by atoms with Crippen LogP contribution in [0, 0.1) is 11.8 Å². The number of hydrogen-bond acceptors (Lipinski definition) is 3. The van der Waals surface area contributed by atoms with E-state index in [9.17, 15) is 4.79 Å². The minimum Gasteiger partial charge on any atom is -0.355 e. The van der Waals surface area contributed by atoms with Gasteiger partial charge in [-0.05, 0) is 38.8 Å². The quantitative estimate of drug-likeness (QED) is 0.749. The molecule has 17 heavy (non-hydrogen) atoms. The second-order valence-corrected chi connectivity index (χ2v) is 5.34. The summed E-state index contributed by atoms with van der Waals surface area (Å²) in [5.41, 5.74) is 6.02. The first-order valence-corrected chi connectivity index (χ1v) is 6.76. The van der Waals surface area contributed by atoms with Crippen molar-refractivity contribution in [2.75, 3.05) is 26.7 Å². The average molecular weight is 241 g/mol. The number of amides is 1. The van der Waals surface area contributed by atoms with E-state index in [4.69, 9.17) is 5.73 Å². The van der Waals surface area contributed by atoms with E-state index in [1.165, 1.54) is 0 Å². The van der Waals surface area contributed by atoms with E-state index in [0.717, 1.165) is 38.9 Å². The van der Waals surface area contributed by atoms with Gasteiger partial charge in [0.2, 0.25) is 5.91 Å². The van der Waals surface area contributed by atoms with Crippen molar-refractivity contribution < 1.29 is 4.79 Å². The van der Waals surface area contributed by atoms with Crippen molar-refractivity contribution in [1.29, 1.82) is 0 Å². The van der Waals surface area contributed by atoms with Gasteiger partial charge in [0.1, 0.15) is 0 Å². The molecular weight excluding hydrogens is 214 g/mol. The van der Waals surface area contributed by atoms with Crippen molar-refractivity contribution in [3.63, 3.8) is 0 Å². The number of rotatable bonds is 5. The molecule has 3 N–H and O–H groups in total. The smallest absolute Gasteiger partial charge is 0.223 e. The van der Waals surface area contributed by atoms with E-state index in [1.54, 1.807) is 0 Å². The van der Waals surface area contributed by atoms with Crippen LogP contribution in [0.3, 0.4) is 0 Å². The third-order valence-corrected chi connectivity index (χ3v) is 3.96. The summed E-state index contributed by atoms with van der Waals surface area (Å²) in [6, 6.07) is 0.192. The summed E-state index contributed by atoms with van der Waals surface area (Å²) in [5, 5.41) is 3.02. The summed E-state index contributed by atoms with van der Waals surface area (Å²) in [6.07, 6.45) is 2.91. The summed E-state index contributed by atoms with van der Waals surface area (Å²) < 4.78 is 0. The summed E-state index contributed by atoms with van der Waals surface area (Å²) in [7, 11) is 2.06. The lowest BCUT2D eigenvalue weighted by Crippen LogP contribution is -2.42. The highest BCUT2D eigenvalue weighted by atomic mass is 16.1. The lowest BCUT2D eigenvalue weighted by atomic mass is 9.79. The maximum atomic E-state index is 11.9. The molecule has 0 spiro atoms. The van der Waals surface area contributed by atoms with Gasteiger partial charge in [-0.15, -0.1) is 0 Å². The Morgan fingerprint density at radius 3 is 2.76 bits per heavy atom. The van der Waals surface area contributed by atoms with Gasteiger partial charge >= 0.3 is 0 Å². The molecule has 4 nitrogen and oxygen atoms in total. The first kappa shape index (κ1) is 14.5. The molecule has 3 unspecified atom stereocenters. The number of nitrogens with two attached hydrogens (primary N) is 1. The van der Waals surface area contributed by atoms with E-state index >= 15 is 0 Å². The van der Waals surface area contributed by atoms with Crippen LogP contribution in [0.25, 0.3) is 0 Å². The molecule has 1 fully saturated rings. The summed E-state index contributed by atoms with van der Waals surface area (Å²) >= 11 is 0. The number of likely N-dealkylation sites (N-methyl/N-ethyl adjacent to an activating group) is 1. The monoisotopic (exact) mass is 241 g/mol. The zero-order valence-electron chi connectivity index (χ0n) is 11.4. The van der Waals surface area contributed by atoms with Crippen LogP contribution in [0.2, 0.25) is 0 Å². The highest BCUT2D eigenvalue weighted by Gasteiger charge is 2.29. The Morgan fingerprint density at radius 1 is 1.47 bits per heavy atom. The van der Waals surface area contributed by atoms with Gasteiger partial charge in [0.05, 0.1) is 0 Å². The number of nitrogens with zero attached hydrogens (tertiary/aromatic N) is 1. The number of hydrogen-bond donors (Lipinski definition) is 2. The van der Waals surface area contributed by atoms with Crippen LogP contribution in [-0.2, 0) is 4.79 Å². The molecule has 0 radical (unpaired) electrons. The Hall–Kier alpha value is -0.610. The van der Waals surface area contributed by atoms with Crippen molar-refractivity contribution in [2.45, 2.75) is 39.2 Å². The Morgan fingerprint density at radius 2 is 2.18 bits per heavy atom. The fourth-order valence-electron chi connectivity index (χ4n) is 2.27. The van der Waals surface area contributed by atoms with Gasteiger partial charge in [0.15, 0.2) is 0 Å². The largest absolute Gasteiger partial charge is 0.355 e. The Kier molecular flexibility index (Phi) is 5.92. The Labute approximate surface area is 105 Å². The Bertz CT molecular complexity index is 245. The maximum absolute atomic E-state index is 11.9. The van der Waals surface area contributed by atoms with Gasteiger partial charge in [-0.25, -0.2) is 0 Å². The molecule has 4 heteroatoms. The molecule has 0 aliphatic heterocycles. The van der Waals surface area contributed by atoms with E-state index in [-0.39, 0.29) is 17.9 Å². The van der Waals surface area contributed by atoms with Crippen LogP contribution in [0.5, 0.6) is 0 Å². The third-order valence-electron chi connectivity index (χ3n) is 3.96. The van der Waals surface area contributed by atoms with E-state index in [2.05, 4.69) is 31.1 Å². The van der Waals surface area contributed by atoms with Crippen molar-refractivity contribution in [3.8, 4) is 0 Å². The van der Waals surface area contributed by atoms with Crippen LogP contribution in [0.15, 0.2) is 0 Å². The summed E-state index contributed by atoms with van der Waals surface area (Å²) in [6.45, 7) is 6.96. The molecule has 0 aromatic heterocycles. The SMILES string of the molecule is CCN(C)CCNC(=O)C1CCC(C)C(N)C1. The van der Waals surface area contributed by atoms with Gasteiger partial charge < -0.3 is 16.0 Å². The Balaban J connectivity index is 2.24. The lowest BCUT2D eigenvalue weighted by molar-refractivity contribution is -0.126. The number of carbonyl (C=O) groups excluding carboxylic acids is 1.